The van der Waals surface area contributed by atoms with Crippen LogP contribution in [0.5, 0.6) is 0 Å². The molecule has 3 amide bonds. The molecule has 2 aromatic rings. The smallest absolute Gasteiger partial charge is 0.257 e. The van der Waals surface area contributed by atoms with Crippen LogP contribution in [0.4, 0.5) is 0 Å². The number of nitrogens with zero attached hydrogens (tertiary/aromatic N) is 3. The second-order valence-corrected chi connectivity index (χ2v) is 7.79. The van der Waals surface area contributed by atoms with Crippen molar-refractivity contribution in [3.05, 3.63) is 59.5 Å². The van der Waals surface area contributed by atoms with Crippen LogP contribution < -0.4 is 0 Å². The van der Waals surface area contributed by atoms with Gasteiger partial charge >= 0.3 is 0 Å². The van der Waals surface area contributed by atoms with E-state index in [-0.39, 0.29) is 30.1 Å². The first kappa shape index (κ1) is 19.2. The highest BCUT2D eigenvalue weighted by molar-refractivity contribution is 5.94. The summed E-state index contributed by atoms with van der Waals surface area (Å²) in [7, 11) is 0. The van der Waals surface area contributed by atoms with Gasteiger partial charge in [-0.25, -0.2) is 0 Å². The van der Waals surface area contributed by atoms with Gasteiger partial charge in [-0.1, -0.05) is 29.8 Å². The number of benzene rings is 1. The zero-order valence-electron chi connectivity index (χ0n) is 16.5. The second-order valence-electron chi connectivity index (χ2n) is 7.79. The molecule has 7 nitrogen and oxygen atoms in total. The summed E-state index contributed by atoms with van der Waals surface area (Å²) in [6, 6.07) is 9.75. The third kappa shape index (κ3) is 4.18. The van der Waals surface area contributed by atoms with E-state index in [9.17, 15) is 14.4 Å². The molecule has 2 saturated heterocycles. The van der Waals surface area contributed by atoms with Crippen molar-refractivity contribution in [1.82, 2.24) is 14.7 Å². The lowest BCUT2D eigenvalue weighted by atomic mass is 10.1. The van der Waals surface area contributed by atoms with Crippen molar-refractivity contribution >= 4 is 17.7 Å². The van der Waals surface area contributed by atoms with Gasteiger partial charge in [0.05, 0.1) is 17.7 Å². The van der Waals surface area contributed by atoms with Gasteiger partial charge in [0.25, 0.3) is 5.91 Å². The van der Waals surface area contributed by atoms with Gasteiger partial charge in [-0.2, -0.15) is 0 Å². The third-order valence-corrected chi connectivity index (χ3v) is 5.70. The molecule has 0 N–H and O–H groups in total. The van der Waals surface area contributed by atoms with Gasteiger partial charge in [0.15, 0.2) is 0 Å². The van der Waals surface area contributed by atoms with E-state index in [0.717, 1.165) is 5.56 Å². The summed E-state index contributed by atoms with van der Waals surface area (Å²) >= 11 is 0. The van der Waals surface area contributed by atoms with Gasteiger partial charge in [-0.15, -0.1) is 0 Å². The molecule has 0 saturated carbocycles. The molecule has 0 aliphatic carbocycles. The van der Waals surface area contributed by atoms with Crippen LogP contribution in [0.3, 0.4) is 0 Å². The normalized spacial score (nSPS) is 19.7. The highest BCUT2D eigenvalue weighted by Gasteiger charge is 2.37. The second kappa shape index (κ2) is 8.11. The summed E-state index contributed by atoms with van der Waals surface area (Å²) in [4.78, 5) is 43.0. The lowest BCUT2D eigenvalue weighted by Gasteiger charge is -2.35. The Bertz CT molecular complexity index is 883. The Morgan fingerprint density at radius 2 is 1.72 bits per heavy atom. The van der Waals surface area contributed by atoms with Crippen molar-refractivity contribution in [2.24, 2.45) is 5.92 Å². The number of hydrogen-bond acceptors (Lipinski definition) is 4. The number of piperazine rings is 1. The first-order chi connectivity index (χ1) is 14.0. The van der Waals surface area contributed by atoms with E-state index in [4.69, 9.17) is 4.42 Å². The third-order valence-electron chi connectivity index (χ3n) is 5.70. The Kier molecular flexibility index (Phi) is 5.38. The SMILES string of the molecule is Cc1ccc(CN2CC(C(=O)N3CCN(C(=O)c4ccoc4)CC3)CC2=O)cc1. The first-order valence-electron chi connectivity index (χ1n) is 9.95. The fourth-order valence-electron chi connectivity index (χ4n) is 3.96. The maximum Gasteiger partial charge on any atom is 0.257 e. The topological polar surface area (TPSA) is 74.1 Å². The molecule has 7 heteroatoms. The zero-order valence-corrected chi connectivity index (χ0v) is 16.5. The van der Waals surface area contributed by atoms with Crippen molar-refractivity contribution < 1.29 is 18.8 Å². The monoisotopic (exact) mass is 395 g/mol. The van der Waals surface area contributed by atoms with Crippen LogP contribution in [0.2, 0.25) is 0 Å². The standard InChI is InChI=1S/C22H25N3O4/c1-16-2-4-17(5-3-16)13-25-14-19(12-20(25)26)22(28)24-9-7-23(8-10-24)21(27)18-6-11-29-15-18/h2-6,11,15,19H,7-10,12-14H2,1H3. The molecule has 0 radical (unpaired) electrons. The van der Waals surface area contributed by atoms with Crippen LogP contribution in [-0.4, -0.2) is 65.1 Å². The molecule has 29 heavy (non-hydrogen) atoms. The summed E-state index contributed by atoms with van der Waals surface area (Å²) in [5.41, 5.74) is 2.78. The lowest BCUT2D eigenvalue weighted by molar-refractivity contribution is -0.137. The molecule has 0 bridgehead atoms. The molecule has 1 unspecified atom stereocenters. The van der Waals surface area contributed by atoms with Crippen LogP contribution in [-0.2, 0) is 16.1 Å². The van der Waals surface area contributed by atoms with Gasteiger partial charge in [0.1, 0.15) is 6.26 Å². The van der Waals surface area contributed by atoms with Crippen LogP contribution in [0.15, 0.2) is 47.3 Å². The summed E-state index contributed by atoms with van der Waals surface area (Å²) < 4.78 is 4.97. The van der Waals surface area contributed by atoms with Crippen LogP contribution >= 0.6 is 0 Å². The van der Waals surface area contributed by atoms with Crippen molar-refractivity contribution in [2.45, 2.75) is 19.9 Å². The van der Waals surface area contributed by atoms with E-state index in [1.165, 1.54) is 18.1 Å². The summed E-state index contributed by atoms with van der Waals surface area (Å²) in [6.07, 6.45) is 3.18. The number of furan rings is 1. The van der Waals surface area contributed by atoms with Crippen LogP contribution in [0.25, 0.3) is 0 Å². The Labute approximate surface area is 169 Å². The maximum absolute atomic E-state index is 12.9. The van der Waals surface area contributed by atoms with E-state index < -0.39 is 0 Å². The summed E-state index contributed by atoms with van der Waals surface area (Å²) in [5, 5.41) is 0. The van der Waals surface area contributed by atoms with Gasteiger partial charge in [-0.05, 0) is 18.6 Å². The Morgan fingerprint density at radius 3 is 2.38 bits per heavy atom. The van der Waals surface area contributed by atoms with Crippen molar-refractivity contribution in [2.75, 3.05) is 32.7 Å². The Balaban J connectivity index is 1.30. The van der Waals surface area contributed by atoms with Crippen LogP contribution in [0.1, 0.15) is 27.9 Å². The Morgan fingerprint density at radius 1 is 1.03 bits per heavy atom. The van der Waals surface area contributed by atoms with Crippen molar-refractivity contribution in [1.29, 1.82) is 0 Å². The average molecular weight is 395 g/mol. The predicted octanol–water partition coefficient (Wildman–Crippen LogP) is 1.92. The highest BCUT2D eigenvalue weighted by atomic mass is 16.3. The molecule has 0 spiro atoms. The van der Waals surface area contributed by atoms with Crippen molar-refractivity contribution in [3.63, 3.8) is 0 Å². The number of amides is 3. The van der Waals surface area contributed by atoms with Gasteiger partial charge < -0.3 is 19.1 Å². The molecule has 1 aromatic carbocycles. The summed E-state index contributed by atoms with van der Waals surface area (Å²) in [6.45, 7) is 4.99. The molecular weight excluding hydrogens is 370 g/mol. The molecule has 3 heterocycles. The zero-order chi connectivity index (χ0) is 20.4. The molecule has 2 aliphatic heterocycles. The van der Waals surface area contributed by atoms with Gasteiger partial charge in [-0.3, -0.25) is 14.4 Å². The largest absolute Gasteiger partial charge is 0.472 e. The average Bonchev–Trinajstić information content (AvgIpc) is 3.39. The number of aryl methyl sites for hydroxylation is 1. The maximum atomic E-state index is 12.9. The van der Waals surface area contributed by atoms with E-state index in [0.29, 0.717) is 44.8 Å². The number of likely N-dealkylation sites (tertiary alicyclic amines) is 1. The molecule has 4 rings (SSSR count). The number of carbonyl (C=O) groups excluding carboxylic acids is 3. The minimum absolute atomic E-state index is 0.0140. The Hall–Kier alpha value is -3.09. The predicted molar refractivity (Wildman–Crippen MR) is 106 cm³/mol. The van der Waals surface area contributed by atoms with Crippen molar-refractivity contribution in [3.8, 4) is 0 Å². The van der Waals surface area contributed by atoms with E-state index in [1.807, 2.05) is 31.2 Å². The van der Waals surface area contributed by atoms with E-state index in [1.54, 1.807) is 20.8 Å². The fourth-order valence-corrected chi connectivity index (χ4v) is 3.96. The minimum atomic E-state index is -0.302. The lowest BCUT2D eigenvalue weighted by Crippen LogP contribution is -2.52. The van der Waals surface area contributed by atoms with Gasteiger partial charge in [0, 0.05) is 45.7 Å². The minimum Gasteiger partial charge on any atom is -0.472 e. The first-order valence-corrected chi connectivity index (χ1v) is 9.95. The summed E-state index contributed by atoms with van der Waals surface area (Å²) in [5.74, 6) is -0.340. The quantitative estimate of drug-likeness (QED) is 0.793. The molecule has 2 fully saturated rings. The highest BCUT2D eigenvalue weighted by Crippen LogP contribution is 2.23. The molecular formula is C22H25N3O4. The number of hydrogen-bond donors (Lipinski definition) is 0. The van der Waals surface area contributed by atoms with E-state index in [2.05, 4.69) is 0 Å². The fraction of sp³-hybridized carbons (Fsp3) is 0.409. The van der Waals surface area contributed by atoms with E-state index >= 15 is 0 Å². The molecule has 1 aromatic heterocycles. The van der Waals surface area contributed by atoms with Crippen LogP contribution in [0, 0.1) is 12.8 Å². The molecule has 152 valence electrons. The number of rotatable bonds is 4. The molecule has 2 aliphatic rings. The van der Waals surface area contributed by atoms with Gasteiger partial charge in [0.2, 0.25) is 11.8 Å². The molecule has 1 atom stereocenters. The number of carbonyl (C=O) groups is 3.